The zero-order valence-electron chi connectivity index (χ0n) is 20.9. The van der Waals surface area contributed by atoms with Gasteiger partial charge in [0.2, 0.25) is 15.9 Å². The highest BCUT2D eigenvalue weighted by Gasteiger charge is 2.26. The second kappa shape index (κ2) is 11.8. The van der Waals surface area contributed by atoms with Gasteiger partial charge in [0, 0.05) is 11.1 Å². The highest BCUT2D eigenvalue weighted by molar-refractivity contribution is 7.89. The number of carbonyl (C=O) groups is 1. The molecule has 198 valence electrons. The van der Waals surface area contributed by atoms with Gasteiger partial charge >= 0.3 is 11.6 Å². The van der Waals surface area contributed by atoms with Crippen LogP contribution < -0.4 is 20.4 Å². The number of ether oxygens (including phenoxy) is 1. The van der Waals surface area contributed by atoms with Crippen LogP contribution in [0.1, 0.15) is 24.5 Å². The number of amides is 1. The zero-order chi connectivity index (χ0) is 27.3. The highest BCUT2D eigenvalue weighted by Crippen LogP contribution is 2.32. The van der Waals surface area contributed by atoms with E-state index in [4.69, 9.17) is 20.8 Å². The van der Waals surface area contributed by atoms with Crippen molar-refractivity contribution in [2.45, 2.75) is 37.6 Å². The van der Waals surface area contributed by atoms with Gasteiger partial charge in [-0.1, -0.05) is 72.6 Å². The molecule has 1 aromatic heterocycles. The Balaban J connectivity index is 1.62. The van der Waals surface area contributed by atoms with Crippen molar-refractivity contribution in [3.05, 3.63) is 99.4 Å². The average molecular weight is 555 g/mol. The summed E-state index contributed by atoms with van der Waals surface area (Å²) in [6, 6.07) is 18.9. The monoisotopic (exact) mass is 554 g/mol. The maximum absolute atomic E-state index is 13.4. The van der Waals surface area contributed by atoms with Crippen LogP contribution in [0.15, 0.2) is 86.9 Å². The third-order valence-corrected chi connectivity index (χ3v) is 7.62. The number of nitrogens with one attached hydrogen (secondary N) is 2. The van der Waals surface area contributed by atoms with E-state index in [0.29, 0.717) is 18.4 Å². The molecule has 0 radical (unpaired) electrons. The summed E-state index contributed by atoms with van der Waals surface area (Å²) < 4.78 is 39.3. The Bertz CT molecular complexity index is 1600. The average Bonchev–Trinajstić information content (AvgIpc) is 2.90. The van der Waals surface area contributed by atoms with Gasteiger partial charge < -0.3 is 14.5 Å². The van der Waals surface area contributed by atoms with Crippen LogP contribution in [0.2, 0.25) is 5.02 Å². The van der Waals surface area contributed by atoms with Crippen LogP contribution >= 0.6 is 11.6 Å². The lowest BCUT2D eigenvalue weighted by atomic mass is 10.1. The summed E-state index contributed by atoms with van der Waals surface area (Å²) in [6.45, 7) is 4.10. The summed E-state index contributed by atoms with van der Waals surface area (Å²) in [6.07, 6.45) is 0.818. The number of fused-ring (bicyclic) bond motifs is 1. The van der Waals surface area contributed by atoms with Crippen molar-refractivity contribution < 1.29 is 22.4 Å². The minimum atomic E-state index is -4.00. The molecule has 3 aromatic carbocycles. The lowest BCUT2D eigenvalue weighted by Gasteiger charge is -2.19. The van der Waals surface area contributed by atoms with Crippen LogP contribution in [0.25, 0.3) is 10.8 Å². The van der Waals surface area contributed by atoms with Crippen molar-refractivity contribution in [3.8, 4) is 5.95 Å². The molecule has 38 heavy (non-hydrogen) atoms. The normalized spacial score (nSPS) is 12.3. The first-order valence-corrected chi connectivity index (χ1v) is 13.9. The van der Waals surface area contributed by atoms with E-state index in [2.05, 4.69) is 10.0 Å². The van der Waals surface area contributed by atoms with Crippen molar-refractivity contribution in [2.75, 3.05) is 11.9 Å². The summed E-state index contributed by atoms with van der Waals surface area (Å²) in [5.41, 5.74) is 1.28. The van der Waals surface area contributed by atoms with Crippen LogP contribution in [0.5, 0.6) is 5.95 Å². The first-order chi connectivity index (χ1) is 18.2. The van der Waals surface area contributed by atoms with Gasteiger partial charge in [-0.05, 0) is 49.6 Å². The van der Waals surface area contributed by atoms with Gasteiger partial charge in [0.15, 0.2) is 0 Å². The van der Waals surface area contributed by atoms with Crippen molar-refractivity contribution >= 4 is 44.0 Å². The molecule has 0 saturated carbocycles. The van der Waals surface area contributed by atoms with E-state index in [1.54, 1.807) is 24.3 Å². The maximum atomic E-state index is 13.4. The molecule has 8 nitrogen and oxygen atoms in total. The SMILES string of the molecule is CCCOc1oc(=O)c2cc(NC(=O)[C@H](Cc3ccccc3)NS(=O)(=O)c3ccc(C)cc3)ccc2c1Cl. The molecular weight excluding hydrogens is 528 g/mol. The van der Waals surface area contributed by atoms with Gasteiger partial charge in [-0.25, -0.2) is 13.2 Å². The fourth-order valence-corrected chi connectivity index (χ4v) is 5.26. The number of benzene rings is 3. The van der Waals surface area contributed by atoms with Crippen molar-refractivity contribution in [3.63, 3.8) is 0 Å². The van der Waals surface area contributed by atoms with Crippen LogP contribution in [0.3, 0.4) is 0 Å². The number of carbonyl (C=O) groups excluding carboxylic acids is 1. The first-order valence-electron chi connectivity index (χ1n) is 12.0. The van der Waals surface area contributed by atoms with Crippen LogP contribution in [-0.2, 0) is 21.2 Å². The second-order valence-corrected chi connectivity index (χ2v) is 10.9. The second-order valence-electron chi connectivity index (χ2n) is 8.77. The van der Waals surface area contributed by atoms with Gasteiger partial charge in [-0.2, -0.15) is 4.72 Å². The lowest BCUT2D eigenvalue weighted by molar-refractivity contribution is -0.117. The Morgan fingerprint density at radius 2 is 1.74 bits per heavy atom. The molecule has 1 amide bonds. The molecule has 1 heterocycles. The molecule has 4 aromatic rings. The first kappa shape index (κ1) is 27.4. The number of aryl methyl sites for hydroxylation is 1. The quantitative estimate of drug-likeness (QED) is 0.283. The minimum absolute atomic E-state index is 0.0491. The topological polar surface area (TPSA) is 115 Å². The molecular formula is C28H27ClN2O6S. The number of sulfonamides is 1. The number of hydrogen-bond donors (Lipinski definition) is 2. The van der Waals surface area contributed by atoms with Crippen LogP contribution in [0.4, 0.5) is 5.69 Å². The Morgan fingerprint density at radius 3 is 2.42 bits per heavy atom. The van der Waals surface area contributed by atoms with Crippen LogP contribution in [-0.4, -0.2) is 27.0 Å². The Hall–Kier alpha value is -3.66. The fraction of sp³-hybridized carbons (Fsp3) is 0.214. The molecule has 10 heteroatoms. The van der Waals surface area contributed by atoms with Crippen molar-refractivity contribution in [1.82, 2.24) is 4.72 Å². The van der Waals surface area contributed by atoms with Gasteiger partial charge in [-0.3, -0.25) is 4.79 Å². The maximum Gasteiger partial charge on any atom is 0.346 e. The standard InChI is InChI=1S/C28H27ClN2O6S/c1-3-15-36-28-25(29)22-14-11-20(17-23(22)27(33)37-28)30-26(32)24(16-19-7-5-4-6-8-19)31-38(34,35)21-12-9-18(2)10-13-21/h4-14,17,24,31H,3,15-16H2,1-2H3,(H,30,32)/t24-/m0/s1. The molecule has 0 aliphatic carbocycles. The smallest absolute Gasteiger partial charge is 0.346 e. The number of hydrogen-bond acceptors (Lipinski definition) is 6. The lowest BCUT2D eigenvalue weighted by Crippen LogP contribution is -2.45. The molecule has 2 N–H and O–H groups in total. The van der Waals surface area contributed by atoms with E-state index < -0.39 is 27.6 Å². The molecule has 4 rings (SSSR count). The predicted molar refractivity (Wildman–Crippen MR) is 147 cm³/mol. The Labute approximate surface area is 225 Å². The molecule has 0 spiro atoms. The number of halogens is 1. The van der Waals surface area contributed by atoms with E-state index in [9.17, 15) is 18.0 Å². The van der Waals surface area contributed by atoms with Gasteiger partial charge in [0.1, 0.15) is 11.1 Å². The number of rotatable bonds is 10. The van der Waals surface area contributed by atoms with E-state index in [-0.39, 0.29) is 33.4 Å². The zero-order valence-corrected chi connectivity index (χ0v) is 22.4. The number of anilines is 1. The van der Waals surface area contributed by atoms with E-state index >= 15 is 0 Å². The highest BCUT2D eigenvalue weighted by atomic mass is 35.5. The van der Waals surface area contributed by atoms with E-state index in [1.807, 2.05) is 44.2 Å². The summed E-state index contributed by atoms with van der Waals surface area (Å²) in [5.74, 6) is -0.654. The summed E-state index contributed by atoms with van der Waals surface area (Å²) in [7, 11) is -4.00. The molecule has 1 atom stereocenters. The largest absolute Gasteiger partial charge is 0.464 e. The molecule has 0 unspecified atom stereocenters. The summed E-state index contributed by atoms with van der Waals surface area (Å²) in [5, 5.41) is 3.42. The van der Waals surface area contributed by atoms with E-state index in [1.165, 1.54) is 18.2 Å². The van der Waals surface area contributed by atoms with Gasteiger partial charge in [-0.15, -0.1) is 0 Å². The minimum Gasteiger partial charge on any atom is -0.464 e. The molecule has 0 aliphatic rings. The van der Waals surface area contributed by atoms with Crippen LogP contribution in [0, 0.1) is 6.92 Å². The van der Waals surface area contributed by atoms with Crippen molar-refractivity contribution in [1.29, 1.82) is 0 Å². The Morgan fingerprint density at radius 1 is 1.03 bits per heavy atom. The molecule has 0 saturated heterocycles. The van der Waals surface area contributed by atoms with E-state index in [0.717, 1.165) is 11.1 Å². The third kappa shape index (κ3) is 6.42. The molecule has 0 fully saturated rings. The summed E-state index contributed by atoms with van der Waals surface area (Å²) in [4.78, 5) is 26.0. The van der Waals surface area contributed by atoms with Crippen molar-refractivity contribution in [2.24, 2.45) is 0 Å². The Kier molecular flexibility index (Phi) is 8.51. The fourth-order valence-electron chi connectivity index (χ4n) is 3.80. The van der Waals surface area contributed by atoms with Gasteiger partial charge in [0.05, 0.1) is 16.9 Å². The molecule has 0 aliphatic heterocycles. The van der Waals surface area contributed by atoms with Gasteiger partial charge in [0.25, 0.3) is 0 Å². The predicted octanol–water partition coefficient (Wildman–Crippen LogP) is 5.07. The third-order valence-electron chi connectivity index (χ3n) is 5.77. The summed E-state index contributed by atoms with van der Waals surface area (Å²) >= 11 is 6.37. The molecule has 0 bridgehead atoms.